The zero-order valence-corrected chi connectivity index (χ0v) is 8.01. The Kier molecular flexibility index (Phi) is 15.8. The minimum absolute atomic E-state index is 0. The molecule has 0 aromatic rings. The van der Waals surface area contributed by atoms with E-state index in [4.69, 9.17) is 5.11 Å². The molecule has 0 bridgehead atoms. The van der Waals surface area contributed by atoms with Gasteiger partial charge in [-0.05, 0) is 6.42 Å². The fourth-order valence-corrected chi connectivity index (χ4v) is 1.27. The monoisotopic (exact) mass is 214 g/mol. The summed E-state index contributed by atoms with van der Waals surface area (Å²) >= 11 is 0. The maximum absolute atomic E-state index is 9.60. The molecule has 1 aliphatic rings. The van der Waals surface area contributed by atoms with Crippen molar-refractivity contribution in [2.75, 3.05) is 0 Å². The van der Waals surface area contributed by atoms with E-state index in [0.29, 0.717) is 6.42 Å². The van der Waals surface area contributed by atoms with Gasteiger partial charge in [-0.2, -0.15) is 0 Å². The molecule has 2 nitrogen and oxygen atoms in total. The molecule has 0 saturated heterocycles. The van der Waals surface area contributed by atoms with Gasteiger partial charge in [0.1, 0.15) is 0 Å². The molecule has 0 aliphatic heterocycles. The quantitative estimate of drug-likeness (QED) is 0.716. The number of carboxylic acids is 1. The zero-order chi connectivity index (χ0) is 9.23. The van der Waals surface area contributed by atoms with Crippen LogP contribution in [0.5, 0.6) is 0 Å². The van der Waals surface area contributed by atoms with E-state index >= 15 is 0 Å². The predicted molar refractivity (Wildman–Crippen MR) is 58.8 cm³/mol. The number of rotatable bonds is 2. The molecule has 1 rings (SSSR count). The summed E-state index contributed by atoms with van der Waals surface area (Å²) < 4.78 is 0. The van der Waals surface area contributed by atoms with E-state index in [2.05, 4.69) is 0 Å². The van der Waals surface area contributed by atoms with Gasteiger partial charge in [-0.3, -0.25) is 4.79 Å². The maximum atomic E-state index is 9.60. The summed E-state index contributed by atoms with van der Waals surface area (Å²) in [5.74, 6) is -0.711. The summed E-state index contributed by atoms with van der Waals surface area (Å²) in [7, 11) is 0. The van der Waals surface area contributed by atoms with Crippen molar-refractivity contribution in [3.63, 3.8) is 0 Å². The summed E-state index contributed by atoms with van der Waals surface area (Å²) in [5.41, 5.74) is 0. The number of carboxylic acid groups (broad SMARTS) is 1. The Balaban J connectivity index is 0. The molecule has 1 aliphatic carbocycles. The van der Waals surface area contributed by atoms with Gasteiger partial charge in [0, 0.05) is 6.42 Å². The van der Waals surface area contributed by atoms with Crippen LogP contribution in [0.25, 0.3) is 0 Å². The first-order valence-electron chi connectivity index (χ1n) is 4.99. The number of carbonyl (C=O) groups is 1. The summed E-state index contributed by atoms with van der Waals surface area (Å²) in [6.45, 7) is 1.84. The Bertz CT molecular complexity index is 100.0. The molecule has 13 heavy (non-hydrogen) atoms. The summed E-state index contributed by atoms with van der Waals surface area (Å²) in [6, 6.07) is 0. The van der Waals surface area contributed by atoms with Crippen LogP contribution in [0, 0.1) is 0 Å². The average Bonchev–Trinajstić information content (AvgIpc) is 2.08. The Labute approximate surface area is 111 Å². The normalized spacial score (nSPS) is 14.8. The Morgan fingerprint density at radius 3 is 1.46 bits per heavy atom. The van der Waals surface area contributed by atoms with Crippen molar-refractivity contribution < 1.29 is 9.90 Å². The van der Waals surface area contributed by atoms with Crippen molar-refractivity contribution >= 4 is 43.7 Å². The van der Waals surface area contributed by atoms with Crippen LogP contribution in [-0.4, -0.2) is 48.8 Å². The van der Waals surface area contributed by atoms with E-state index in [1.54, 1.807) is 0 Å². The summed E-state index contributed by atoms with van der Waals surface area (Å²) in [5, 5.41) is 7.91. The van der Waals surface area contributed by atoms with Crippen LogP contribution in [0.3, 0.4) is 0 Å². The molecule has 0 amide bonds. The molecule has 1 fully saturated rings. The zero-order valence-electron chi connectivity index (χ0n) is 8.01. The Hall–Kier alpha value is 0.730. The van der Waals surface area contributed by atoms with E-state index in [0.717, 1.165) is 6.42 Å². The molecule has 0 atom stereocenters. The topological polar surface area (TPSA) is 37.3 Å². The minimum atomic E-state index is -0.711. The molecule has 0 heterocycles. The van der Waals surface area contributed by atoms with Crippen LogP contribution in [0.2, 0.25) is 0 Å². The molecule has 1 saturated carbocycles. The molecule has 0 spiro atoms. The van der Waals surface area contributed by atoms with Crippen LogP contribution in [0.4, 0.5) is 0 Å². The molecule has 3 heteroatoms. The molecule has 1 N–H and O–H groups in total. The van der Waals surface area contributed by atoms with Crippen molar-refractivity contribution in [2.45, 2.75) is 58.3 Å². The number of hydrogen-bond acceptors (Lipinski definition) is 1. The number of aliphatic carboxylic acids is 1. The van der Waals surface area contributed by atoms with Gasteiger partial charge in [0.15, 0.2) is 0 Å². The van der Waals surface area contributed by atoms with E-state index in [1.807, 2.05) is 6.92 Å². The molecule has 0 aromatic carbocycles. The molecule has 0 aromatic heterocycles. The fraction of sp³-hybridized carbons (Fsp3) is 0.900. The van der Waals surface area contributed by atoms with Gasteiger partial charge in [-0.25, -0.2) is 0 Å². The molecular weight excluding hydrogens is 192 g/mol. The van der Waals surface area contributed by atoms with Crippen LogP contribution >= 0.6 is 0 Å². The van der Waals surface area contributed by atoms with Gasteiger partial charge in [0.05, 0.1) is 0 Å². The van der Waals surface area contributed by atoms with Gasteiger partial charge in [-0.1, -0.05) is 45.4 Å². The third kappa shape index (κ3) is 15.5. The van der Waals surface area contributed by atoms with Gasteiger partial charge < -0.3 is 5.11 Å². The first-order chi connectivity index (χ1) is 5.77. The molecule has 0 unspecified atom stereocenters. The third-order valence-corrected chi connectivity index (χ3v) is 1.96. The summed E-state index contributed by atoms with van der Waals surface area (Å²) in [4.78, 5) is 9.60. The first kappa shape index (κ1) is 16.2. The molecule has 76 valence electrons. The van der Waals surface area contributed by atoms with Crippen molar-refractivity contribution in [1.29, 1.82) is 0 Å². The van der Waals surface area contributed by atoms with Crippen molar-refractivity contribution in [3.8, 4) is 0 Å². The molecule has 0 radical (unpaired) electrons. The van der Waals surface area contributed by atoms with Gasteiger partial charge >= 0.3 is 43.7 Å². The molecular formula is C10H22CaO2. The second-order valence-corrected chi connectivity index (χ2v) is 3.27. The average molecular weight is 214 g/mol. The van der Waals surface area contributed by atoms with Gasteiger partial charge in [0.2, 0.25) is 0 Å². The van der Waals surface area contributed by atoms with Gasteiger partial charge in [0.25, 0.3) is 0 Å². The first-order valence-corrected chi connectivity index (χ1v) is 4.99. The van der Waals surface area contributed by atoms with Crippen LogP contribution < -0.4 is 0 Å². The predicted octanol–water partition coefficient (Wildman–Crippen LogP) is 2.30. The second-order valence-electron chi connectivity index (χ2n) is 3.27. The van der Waals surface area contributed by atoms with Crippen LogP contribution in [0.15, 0.2) is 0 Å². The van der Waals surface area contributed by atoms with E-state index in [9.17, 15) is 4.79 Å². The number of hydrogen-bond donors (Lipinski definition) is 1. The van der Waals surface area contributed by atoms with Crippen LogP contribution in [0.1, 0.15) is 58.3 Å². The van der Waals surface area contributed by atoms with Crippen molar-refractivity contribution in [3.05, 3.63) is 0 Å². The van der Waals surface area contributed by atoms with E-state index in [1.165, 1.54) is 38.5 Å². The SMILES string of the molecule is C1CCCCC1.CCCC(=O)O.[CaH2]. The Morgan fingerprint density at radius 1 is 1.08 bits per heavy atom. The van der Waals surface area contributed by atoms with Crippen molar-refractivity contribution in [2.24, 2.45) is 0 Å². The summed E-state index contributed by atoms with van der Waals surface area (Å²) in [6.07, 6.45) is 10.0. The fourth-order valence-electron chi connectivity index (χ4n) is 1.27. The third-order valence-electron chi connectivity index (χ3n) is 1.96. The van der Waals surface area contributed by atoms with Crippen molar-refractivity contribution in [1.82, 2.24) is 0 Å². The second kappa shape index (κ2) is 12.7. The van der Waals surface area contributed by atoms with Gasteiger partial charge in [-0.15, -0.1) is 0 Å². The van der Waals surface area contributed by atoms with E-state index in [-0.39, 0.29) is 37.7 Å². The van der Waals surface area contributed by atoms with Crippen LogP contribution in [-0.2, 0) is 4.79 Å². The van der Waals surface area contributed by atoms with E-state index < -0.39 is 5.97 Å². The Morgan fingerprint density at radius 2 is 1.38 bits per heavy atom. The standard InChI is InChI=1S/C6H12.C4H8O2.Ca.2H/c1-2-4-6-5-3-1;1-2-3-4(5)6;;;/h1-6H2;2-3H2,1H3,(H,5,6);;;.